The van der Waals surface area contributed by atoms with Gasteiger partial charge in [-0.05, 0) is 36.2 Å². The van der Waals surface area contributed by atoms with Crippen LogP contribution in [0.5, 0.6) is 0 Å². The Balaban J connectivity index is 1.54. The van der Waals surface area contributed by atoms with E-state index in [1.165, 1.54) is 18.0 Å². The molecule has 1 amide bonds. The number of ketones is 1. The third-order valence-corrected chi connectivity index (χ3v) is 4.41. The maximum Gasteiger partial charge on any atom is 0.327 e. The number of rotatable bonds is 8. The van der Waals surface area contributed by atoms with Crippen LogP contribution in [0.15, 0.2) is 54.7 Å². The topological polar surface area (TPSA) is 129 Å². The summed E-state index contributed by atoms with van der Waals surface area (Å²) in [5.74, 6) is -0.928. The van der Waals surface area contributed by atoms with E-state index in [-0.39, 0.29) is 30.3 Å². The molecule has 0 saturated carbocycles. The van der Waals surface area contributed by atoms with Crippen molar-refractivity contribution in [2.75, 3.05) is 18.2 Å². The van der Waals surface area contributed by atoms with E-state index in [2.05, 4.69) is 20.4 Å². The lowest BCUT2D eigenvalue weighted by atomic mass is 10.0. The lowest BCUT2D eigenvalue weighted by Crippen LogP contribution is -2.13. The van der Waals surface area contributed by atoms with Crippen LogP contribution in [0.4, 0.5) is 11.4 Å². The molecule has 0 aliphatic rings. The lowest BCUT2D eigenvalue weighted by molar-refractivity contribution is -0.141. The zero-order valence-electron chi connectivity index (χ0n) is 16.4. The highest BCUT2D eigenvalue weighted by Gasteiger charge is 2.13. The van der Waals surface area contributed by atoms with Crippen molar-refractivity contribution in [3.63, 3.8) is 0 Å². The summed E-state index contributed by atoms with van der Waals surface area (Å²) in [6.07, 6.45) is 2.13. The minimum atomic E-state index is -0.474. The Morgan fingerprint density at radius 3 is 2.53 bits per heavy atom. The minimum absolute atomic E-state index is 0.102. The molecule has 30 heavy (non-hydrogen) atoms. The van der Waals surface area contributed by atoms with Crippen molar-refractivity contribution in [2.45, 2.75) is 19.4 Å². The monoisotopic (exact) mass is 407 g/mol. The van der Waals surface area contributed by atoms with Gasteiger partial charge in [0, 0.05) is 12.0 Å². The number of nitrogens with one attached hydrogen (secondary N) is 1. The van der Waals surface area contributed by atoms with Gasteiger partial charge in [-0.15, -0.1) is 5.10 Å². The summed E-state index contributed by atoms with van der Waals surface area (Å²) in [5, 5.41) is 10.3. The fraction of sp³-hybridized carbons (Fsp3) is 0.190. The molecule has 3 rings (SSSR count). The number of benzene rings is 2. The van der Waals surface area contributed by atoms with Gasteiger partial charge < -0.3 is 15.8 Å². The van der Waals surface area contributed by atoms with E-state index in [0.29, 0.717) is 23.4 Å². The number of aryl methyl sites for hydroxylation is 1. The molecule has 3 aromatic rings. The van der Waals surface area contributed by atoms with Gasteiger partial charge in [0.15, 0.2) is 5.78 Å². The summed E-state index contributed by atoms with van der Waals surface area (Å²) < 4.78 is 5.80. The predicted molar refractivity (Wildman–Crippen MR) is 110 cm³/mol. The third kappa shape index (κ3) is 5.28. The molecule has 0 atom stereocenters. The molecule has 0 aliphatic carbocycles. The van der Waals surface area contributed by atoms with Crippen molar-refractivity contribution >= 4 is 29.0 Å². The van der Waals surface area contributed by atoms with Gasteiger partial charge in [-0.3, -0.25) is 14.4 Å². The van der Waals surface area contributed by atoms with E-state index in [0.717, 1.165) is 5.56 Å². The first kappa shape index (κ1) is 20.7. The summed E-state index contributed by atoms with van der Waals surface area (Å²) in [6.45, 7) is -0.102. The Morgan fingerprint density at radius 1 is 1.10 bits per heavy atom. The molecule has 2 aromatic carbocycles. The normalized spacial score (nSPS) is 10.4. The molecule has 0 saturated heterocycles. The number of nitrogen functional groups attached to an aromatic ring is 1. The van der Waals surface area contributed by atoms with E-state index in [1.54, 1.807) is 48.5 Å². The number of hydrogen-bond acceptors (Lipinski definition) is 7. The van der Waals surface area contributed by atoms with Crippen molar-refractivity contribution in [3.05, 3.63) is 71.5 Å². The average Bonchev–Trinajstić information content (AvgIpc) is 3.22. The van der Waals surface area contributed by atoms with Crippen molar-refractivity contribution in [2.24, 2.45) is 0 Å². The summed E-state index contributed by atoms with van der Waals surface area (Å²) in [5.41, 5.74) is 8.46. The second-order valence-electron chi connectivity index (χ2n) is 6.54. The number of amides is 1. The Morgan fingerprint density at radius 2 is 1.83 bits per heavy atom. The molecular formula is C21H21N5O4. The van der Waals surface area contributed by atoms with Gasteiger partial charge in [0.2, 0.25) is 0 Å². The molecule has 0 unspecified atom stereocenters. The Kier molecular flexibility index (Phi) is 6.53. The van der Waals surface area contributed by atoms with Crippen LogP contribution in [0.2, 0.25) is 0 Å². The highest BCUT2D eigenvalue weighted by Crippen LogP contribution is 2.18. The summed E-state index contributed by atoms with van der Waals surface area (Å²) >= 11 is 0. The smallest absolute Gasteiger partial charge is 0.327 e. The second-order valence-corrected chi connectivity index (χ2v) is 6.54. The standard InChI is InChI=1S/C21H21N5O4/c1-30-20(28)13-26-12-18(24-25-26)19(27)11-8-14-6-9-15(10-7-14)21(29)23-17-5-3-2-4-16(17)22/h2-7,9-10,12H,8,11,13,22H2,1H3,(H,23,29). The van der Waals surface area contributed by atoms with Crippen LogP contribution in [-0.2, 0) is 22.5 Å². The number of nitrogens with zero attached hydrogens (tertiary/aromatic N) is 3. The molecule has 0 bridgehead atoms. The molecule has 0 fully saturated rings. The number of Topliss-reactive ketones (excluding diaryl/α,β-unsaturated/α-hetero) is 1. The van der Waals surface area contributed by atoms with Gasteiger partial charge in [-0.25, -0.2) is 4.68 Å². The molecule has 3 N–H and O–H groups in total. The van der Waals surface area contributed by atoms with Crippen LogP contribution in [0.3, 0.4) is 0 Å². The Labute approximate surface area is 172 Å². The molecule has 0 radical (unpaired) electrons. The molecule has 0 spiro atoms. The predicted octanol–water partition coefficient (Wildman–Crippen LogP) is 2.10. The van der Waals surface area contributed by atoms with Crippen LogP contribution in [-0.4, -0.2) is 39.8 Å². The maximum atomic E-state index is 12.4. The van der Waals surface area contributed by atoms with Gasteiger partial charge in [0.1, 0.15) is 12.2 Å². The van der Waals surface area contributed by atoms with E-state index in [4.69, 9.17) is 5.73 Å². The van der Waals surface area contributed by atoms with Gasteiger partial charge in [0.05, 0.1) is 24.7 Å². The van der Waals surface area contributed by atoms with Gasteiger partial charge >= 0.3 is 5.97 Å². The number of carbonyl (C=O) groups excluding carboxylic acids is 3. The fourth-order valence-corrected chi connectivity index (χ4v) is 2.71. The number of anilines is 2. The Bertz CT molecular complexity index is 1060. The zero-order valence-corrected chi connectivity index (χ0v) is 16.4. The van der Waals surface area contributed by atoms with Crippen LogP contribution in [0.1, 0.15) is 32.8 Å². The summed E-state index contributed by atoms with van der Waals surface area (Å²) in [6, 6.07) is 14.0. The van der Waals surface area contributed by atoms with Crippen molar-refractivity contribution in [1.82, 2.24) is 15.0 Å². The Hall–Kier alpha value is -4.01. The van der Waals surface area contributed by atoms with Crippen LogP contribution in [0, 0.1) is 0 Å². The number of nitrogens with two attached hydrogens (primary N) is 1. The van der Waals surface area contributed by atoms with Crippen LogP contribution < -0.4 is 11.1 Å². The lowest BCUT2D eigenvalue weighted by Gasteiger charge is -2.08. The molecule has 1 heterocycles. The number of aromatic nitrogens is 3. The van der Waals surface area contributed by atoms with Gasteiger partial charge in [0.25, 0.3) is 5.91 Å². The number of para-hydroxylation sites is 2. The van der Waals surface area contributed by atoms with Crippen LogP contribution in [0.25, 0.3) is 0 Å². The molecule has 9 nitrogen and oxygen atoms in total. The first-order chi connectivity index (χ1) is 14.5. The first-order valence-electron chi connectivity index (χ1n) is 9.21. The van der Waals surface area contributed by atoms with Crippen LogP contribution >= 0.6 is 0 Å². The number of esters is 1. The van der Waals surface area contributed by atoms with E-state index in [1.807, 2.05) is 0 Å². The number of ether oxygens (including phenoxy) is 1. The van der Waals surface area contributed by atoms with Crippen molar-refractivity contribution < 1.29 is 19.1 Å². The minimum Gasteiger partial charge on any atom is -0.468 e. The maximum absolute atomic E-state index is 12.4. The summed E-state index contributed by atoms with van der Waals surface area (Å²) in [4.78, 5) is 35.9. The first-order valence-corrected chi connectivity index (χ1v) is 9.21. The largest absolute Gasteiger partial charge is 0.468 e. The quantitative estimate of drug-likeness (QED) is 0.332. The van der Waals surface area contributed by atoms with Crippen molar-refractivity contribution in [3.8, 4) is 0 Å². The van der Waals surface area contributed by atoms with Gasteiger partial charge in [-0.1, -0.05) is 29.5 Å². The summed E-state index contributed by atoms with van der Waals surface area (Å²) in [7, 11) is 1.28. The van der Waals surface area contributed by atoms with E-state index < -0.39 is 5.97 Å². The highest BCUT2D eigenvalue weighted by molar-refractivity contribution is 6.05. The average molecular weight is 407 g/mol. The number of carbonyl (C=O) groups is 3. The third-order valence-electron chi connectivity index (χ3n) is 4.41. The van der Waals surface area contributed by atoms with E-state index >= 15 is 0 Å². The van der Waals surface area contributed by atoms with E-state index in [9.17, 15) is 14.4 Å². The zero-order chi connectivity index (χ0) is 21.5. The molecular weight excluding hydrogens is 386 g/mol. The second kappa shape index (κ2) is 9.46. The molecule has 1 aromatic heterocycles. The number of methoxy groups -OCH3 is 1. The van der Waals surface area contributed by atoms with Crippen molar-refractivity contribution in [1.29, 1.82) is 0 Å². The highest BCUT2D eigenvalue weighted by atomic mass is 16.5. The SMILES string of the molecule is COC(=O)Cn1cc(C(=O)CCc2ccc(C(=O)Nc3ccccc3N)cc2)nn1. The number of hydrogen-bond donors (Lipinski definition) is 2. The van der Waals surface area contributed by atoms with Gasteiger partial charge in [-0.2, -0.15) is 0 Å². The molecule has 0 aliphatic heterocycles. The molecule has 9 heteroatoms. The fourth-order valence-electron chi connectivity index (χ4n) is 2.71. The molecule has 154 valence electrons.